The number of aromatic nitrogens is 1. The van der Waals surface area contributed by atoms with Crippen molar-refractivity contribution < 1.29 is 27.4 Å². The van der Waals surface area contributed by atoms with Crippen molar-refractivity contribution in [1.82, 2.24) is 15.2 Å². The number of rotatable bonds is 12. The summed E-state index contributed by atoms with van der Waals surface area (Å²) in [4.78, 5) is 6.56. The molecule has 6 nitrogen and oxygen atoms in total. The maximum absolute atomic E-state index is 12.7. The normalized spacial score (nSPS) is 15.5. The molecular weight excluding hydrogens is 483 g/mol. The van der Waals surface area contributed by atoms with Crippen molar-refractivity contribution in [2.75, 3.05) is 13.2 Å². The minimum atomic E-state index is -4.35. The van der Waals surface area contributed by atoms with Gasteiger partial charge in [-0.05, 0) is 60.7 Å². The summed E-state index contributed by atoms with van der Waals surface area (Å²) >= 11 is 0. The van der Waals surface area contributed by atoms with Crippen molar-refractivity contribution in [2.45, 2.75) is 44.6 Å². The summed E-state index contributed by atoms with van der Waals surface area (Å²) in [6.45, 7) is 1.36. The Morgan fingerprint density at radius 2 is 1.84 bits per heavy atom. The molecule has 0 saturated heterocycles. The average molecular weight is 514 g/mol. The lowest BCUT2D eigenvalue weighted by Gasteiger charge is -2.24. The zero-order chi connectivity index (χ0) is 26.1. The lowest BCUT2D eigenvalue weighted by Crippen LogP contribution is -2.36. The van der Waals surface area contributed by atoms with E-state index in [0.29, 0.717) is 23.6 Å². The van der Waals surface area contributed by atoms with Crippen molar-refractivity contribution in [2.24, 2.45) is 0 Å². The van der Waals surface area contributed by atoms with Crippen molar-refractivity contribution in [3.8, 4) is 5.75 Å². The molecule has 0 spiro atoms. The number of aryl methyl sites for hydroxylation is 1. The lowest BCUT2D eigenvalue weighted by atomic mass is 10.1. The van der Waals surface area contributed by atoms with Gasteiger partial charge in [0, 0.05) is 38.0 Å². The molecule has 2 heterocycles. The van der Waals surface area contributed by atoms with Gasteiger partial charge in [-0.2, -0.15) is 13.2 Å². The van der Waals surface area contributed by atoms with Crippen LogP contribution in [0, 0.1) is 0 Å². The SMILES string of the molecule is OCCC1NC=CN1CCCCc1ccc(OCc2coc(/C=C/c3ccc(C(F)(F)F)cc3)n2)cc1. The summed E-state index contributed by atoms with van der Waals surface area (Å²) in [5.74, 6) is 1.07. The predicted octanol–water partition coefficient (Wildman–Crippen LogP) is 5.85. The van der Waals surface area contributed by atoms with Crippen LogP contribution < -0.4 is 10.1 Å². The van der Waals surface area contributed by atoms with Crippen LogP contribution in [0.3, 0.4) is 0 Å². The van der Waals surface area contributed by atoms with Crippen LogP contribution in [-0.4, -0.2) is 34.3 Å². The van der Waals surface area contributed by atoms with Gasteiger partial charge in [-0.3, -0.25) is 0 Å². The van der Waals surface area contributed by atoms with E-state index >= 15 is 0 Å². The molecule has 0 amide bonds. The number of alkyl halides is 3. The first kappa shape index (κ1) is 26.3. The summed E-state index contributed by atoms with van der Waals surface area (Å²) in [7, 11) is 0. The van der Waals surface area contributed by atoms with E-state index in [2.05, 4.69) is 27.3 Å². The molecule has 2 N–H and O–H groups in total. The number of oxazole rings is 1. The average Bonchev–Trinajstić information content (AvgIpc) is 3.54. The van der Waals surface area contributed by atoms with E-state index in [0.717, 1.165) is 43.7 Å². The van der Waals surface area contributed by atoms with E-state index in [1.807, 2.05) is 24.5 Å². The van der Waals surface area contributed by atoms with Gasteiger partial charge >= 0.3 is 6.18 Å². The van der Waals surface area contributed by atoms with Crippen LogP contribution in [0.2, 0.25) is 0 Å². The van der Waals surface area contributed by atoms with Gasteiger partial charge in [0.25, 0.3) is 0 Å². The first-order valence-electron chi connectivity index (χ1n) is 12.2. The summed E-state index contributed by atoms with van der Waals surface area (Å²) in [6, 6.07) is 12.9. The smallest absolute Gasteiger partial charge is 0.416 e. The van der Waals surface area contributed by atoms with E-state index in [4.69, 9.17) is 14.3 Å². The Hall–Kier alpha value is -3.72. The van der Waals surface area contributed by atoms with Gasteiger partial charge in [-0.25, -0.2) is 4.98 Å². The van der Waals surface area contributed by atoms with Crippen LogP contribution in [0.25, 0.3) is 12.2 Å². The van der Waals surface area contributed by atoms with Gasteiger partial charge < -0.3 is 24.5 Å². The third-order valence-electron chi connectivity index (χ3n) is 6.03. The Morgan fingerprint density at radius 1 is 1.05 bits per heavy atom. The minimum Gasteiger partial charge on any atom is -0.487 e. The molecule has 37 heavy (non-hydrogen) atoms. The van der Waals surface area contributed by atoms with Crippen LogP contribution in [0.15, 0.2) is 71.6 Å². The zero-order valence-electron chi connectivity index (χ0n) is 20.3. The van der Waals surface area contributed by atoms with Gasteiger partial charge in [0.05, 0.1) is 5.56 Å². The van der Waals surface area contributed by atoms with Gasteiger partial charge in [0.2, 0.25) is 5.89 Å². The highest BCUT2D eigenvalue weighted by atomic mass is 19.4. The maximum atomic E-state index is 12.7. The van der Waals surface area contributed by atoms with Crippen molar-refractivity contribution >= 4 is 12.2 Å². The predicted molar refractivity (Wildman–Crippen MR) is 135 cm³/mol. The van der Waals surface area contributed by atoms with E-state index < -0.39 is 11.7 Å². The second-order valence-electron chi connectivity index (χ2n) is 8.77. The Bertz CT molecular complexity index is 1170. The molecule has 4 rings (SSSR count). The Labute approximate surface area is 214 Å². The van der Waals surface area contributed by atoms with Crippen LogP contribution in [-0.2, 0) is 19.2 Å². The molecule has 2 aromatic carbocycles. The Kier molecular flexibility index (Phi) is 8.90. The third-order valence-corrected chi connectivity index (χ3v) is 6.03. The number of aliphatic hydroxyl groups is 1. The first-order valence-corrected chi connectivity index (χ1v) is 12.2. The fourth-order valence-corrected chi connectivity index (χ4v) is 4.00. The number of unbranched alkanes of at least 4 members (excludes halogenated alkanes) is 1. The molecule has 1 unspecified atom stereocenters. The van der Waals surface area contributed by atoms with Crippen molar-refractivity contribution in [3.05, 3.63) is 95.5 Å². The van der Waals surface area contributed by atoms with E-state index in [9.17, 15) is 13.2 Å². The molecule has 0 fully saturated rings. The van der Waals surface area contributed by atoms with Gasteiger partial charge in [-0.15, -0.1) is 0 Å². The molecule has 9 heteroatoms. The van der Waals surface area contributed by atoms with E-state index in [1.54, 1.807) is 12.2 Å². The second-order valence-corrected chi connectivity index (χ2v) is 8.77. The highest BCUT2D eigenvalue weighted by Crippen LogP contribution is 2.29. The number of hydrogen-bond donors (Lipinski definition) is 2. The largest absolute Gasteiger partial charge is 0.487 e. The fraction of sp³-hybridized carbons (Fsp3) is 0.321. The topological polar surface area (TPSA) is 70.8 Å². The Morgan fingerprint density at radius 3 is 2.57 bits per heavy atom. The molecule has 1 aromatic heterocycles. The fourth-order valence-electron chi connectivity index (χ4n) is 4.00. The quantitative estimate of drug-likeness (QED) is 0.296. The first-order chi connectivity index (χ1) is 17.9. The monoisotopic (exact) mass is 513 g/mol. The molecule has 1 atom stereocenters. The summed E-state index contributed by atoms with van der Waals surface area (Å²) in [6.07, 6.45) is 8.37. The lowest BCUT2D eigenvalue weighted by molar-refractivity contribution is -0.137. The van der Waals surface area contributed by atoms with E-state index in [-0.39, 0.29) is 19.4 Å². The third kappa shape index (κ3) is 7.88. The number of nitrogens with zero attached hydrogens (tertiary/aromatic N) is 2. The highest BCUT2D eigenvalue weighted by Gasteiger charge is 2.29. The van der Waals surface area contributed by atoms with Crippen molar-refractivity contribution in [1.29, 1.82) is 0 Å². The molecule has 1 aliphatic heterocycles. The molecule has 0 bridgehead atoms. The van der Waals surface area contributed by atoms with Crippen LogP contribution >= 0.6 is 0 Å². The number of halogens is 3. The van der Waals surface area contributed by atoms with Gasteiger partial charge in [-0.1, -0.05) is 24.3 Å². The molecule has 1 aliphatic rings. The Balaban J connectivity index is 1.18. The summed E-state index contributed by atoms with van der Waals surface area (Å²) < 4.78 is 49.2. The zero-order valence-corrected chi connectivity index (χ0v) is 20.3. The van der Waals surface area contributed by atoms with E-state index in [1.165, 1.54) is 24.0 Å². The van der Waals surface area contributed by atoms with Gasteiger partial charge in [0.15, 0.2) is 0 Å². The number of ether oxygens (including phenoxy) is 1. The molecule has 0 aliphatic carbocycles. The molecular formula is C28H30F3N3O3. The molecule has 0 radical (unpaired) electrons. The molecule has 196 valence electrons. The van der Waals surface area contributed by atoms with Crippen LogP contribution in [0.1, 0.15) is 47.5 Å². The molecule has 0 saturated carbocycles. The number of nitrogens with one attached hydrogen (secondary N) is 1. The van der Waals surface area contributed by atoms with Crippen LogP contribution in [0.5, 0.6) is 5.75 Å². The second kappa shape index (κ2) is 12.5. The molecule has 3 aromatic rings. The maximum Gasteiger partial charge on any atom is 0.416 e. The number of benzene rings is 2. The number of hydrogen-bond acceptors (Lipinski definition) is 6. The summed E-state index contributed by atoms with van der Waals surface area (Å²) in [5, 5.41) is 12.4. The summed E-state index contributed by atoms with van der Waals surface area (Å²) in [5.41, 5.74) is 1.78. The van der Waals surface area contributed by atoms with Gasteiger partial charge in [0.1, 0.15) is 30.5 Å². The van der Waals surface area contributed by atoms with Crippen LogP contribution in [0.4, 0.5) is 13.2 Å². The standard InChI is InChI=1S/C28H30F3N3O3/c29-28(30,31)23-9-4-22(5-10-23)8-13-27-33-24(20-37-27)19-36-25-11-6-21(7-12-25)3-1-2-16-34-17-15-32-26(34)14-18-35/h4-13,15,17,20,26,32,35H,1-3,14,16,18-19H2/b13-8+. The highest BCUT2D eigenvalue weighted by molar-refractivity contribution is 5.66. The number of aliphatic hydroxyl groups excluding tert-OH is 1. The van der Waals surface area contributed by atoms with Crippen molar-refractivity contribution in [3.63, 3.8) is 0 Å². The minimum absolute atomic E-state index is 0.172.